The molecule has 2 heteroatoms. The molecule has 1 rings (SSSR count). The van der Waals surface area contributed by atoms with E-state index in [9.17, 15) is 8.78 Å². The second-order valence-electron chi connectivity index (χ2n) is 4.81. The normalized spacial score (nSPS) is 24.9. The van der Waals surface area contributed by atoms with E-state index in [-0.39, 0.29) is 18.8 Å². The van der Waals surface area contributed by atoms with E-state index < -0.39 is 5.92 Å². The van der Waals surface area contributed by atoms with Crippen LogP contribution in [0.1, 0.15) is 40.0 Å². The fourth-order valence-corrected chi connectivity index (χ4v) is 1.93. The highest BCUT2D eigenvalue weighted by atomic mass is 19.3. The van der Waals surface area contributed by atoms with Crippen molar-refractivity contribution >= 4 is 0 Å². The Morgan fingerprint density at radius 1 is 1.47 bits per heavy atom. The highest BCUT2D eigenvalue weighted by Gasteiger charge is 2.44. The molecule has 0 saturated heterocycles. The highest BCUT2D eigenvalue weighted by molar-refractivity contribution is 5.26. The molecule has 0 aromatic carbocycles. The van der Waals surface area contributed by atoms with Gasteiger partial charge in [-0.05, 0) is 32.1 Å². The Morgan fingerprint density at radius 3 is 2.53 bits per heavy atom. The van der Waals surface area contributed by atoms with Crippen molar-refractivity contribution in [3.8, 4) is 0 Å². The number of rotatable bonds is 5. The van der Waals surface area contributed by atoms with Crippen molar-refractivity contribution in [1.82, 2.24) is 0 Å². The van der Waals surface area contributed by atoms with E-state index in [0.717, 1.165) is 12.0 Å². The summed E-state index contributed by atoms with van der Waals surface area (Å²) in [5.41, 5.74) is 2.21. The van der Waals surface area contributed by atoms with Gasteiger partial charge in [-0.3, -0.25) is 0 Å². The fourth-order valence-electron chi connectivity index (χ4n) is 1.93. The first kappa shape index (κ1) is 12.4. The van der Waals surface area contributed by atoms with Crippen molar-refractivity contribution in [1.29, 1.82) is 0 Å². The molecule has 86 valence electrons. The molecule has 0 amide bonds. The summed E-state index contributed by atoms with van der Waals surface area (Å²) in [6.07, 6.45) is 2.88. The molecular weight excluding hydrogens is 194 g/mol. The SMILES string of the molecule is C=C(C=C(C)C)C1C[C@@H]1CC(F)(F)CC. The Labute approximate surface area is 91.1 Å². The van der Waals surface area contributed by atoms with Crippen molar-refractivity contribution in [2.24, 2.45) is 11.8 Å². The lowest BCUT2D eigenvalue weighted by molar-refractivity contribution is -0.0175. The predicted molar refractivity (Wildman–Crippen MR) is 60.0 cm³/mol. The molecule has 0 N–H and O–H groups in total. The first-order valence-corrected chi connectivity index (χ1v) is 5.57. The zero-order valence-corrected chi connectivity index (χ0v) is 9.82. The maximum absolute atomic E-state index is 13.1. The van der Waals surface area contributed by atoms with Crippen LogP contribution < -0.4 is 0 Å². The van der Waals surface area contributed by atoms with E-state index in [4.69, 9.17) is 0 Å². The van der Waals surface area contributed by atoms with Gasteiger partial charge in [0.25, 0.3) is 0 Å². The molecule has 15 heavy (non-hydrogen) atoms. The standard InChI is InChI=1S/C13H20F2/c1-5-13(14,15)8-11-7-12(11)10(4)6-9(2)3/h6,11-12H,4-5,7-8H2,1-3H3/t11-,12?/m1/s1. The first-order valence-electron chi connectivity index (χ1n) is 5.57. The van der Waals surface area contributed by atoms with Gasteiger partial charge in [-0.15, -0.1) is 0 Å². The van der Waals surface area contributed by atoms with Crippen LogP contribution in [0.25, 0.3) is 0 Å². The summed E-state index contributed by atoms with van der Waals surface area (Å²) in [6, 6.07) is 0. The van der Waals surface area contributed by atoms with Crippen LogP contribution in [0.2, 0.25) is 0 Å². The van der Waals surface area contributed by atoms with E-state index in [1.807, 2.05) is 19.9 Å². The number of hydrogen-bond donors (Lipinski definition) is 0. The van der Waals surface area contributed by atoms with Gasteiger partial charge in [-0.1, -0.05) is 30.7 Å². The molecule has 0 spiro atoms. The van der Waals surface area contributed by atoms with Crippen LogP contribution in [-0.4, -0.2) is 5.92 Å². The summed E-state index contributed by atoms with van der Waals surface area (Å²) < 4.78 is 26.2. The van der Waals surface area contributed by atoms with Crippen LogP contribution in [0.15, 0.2) is 23.8 Å². The van der Waals surface area contributed by atoms with Crippen LogP contribution in [0.3, 0.4) is 0 Å². The lowest BCUT2D eigenvalue weighted by atomic mass is 10.0. The van der Waals surface area contributed by atoms with Gasteiger partial charge in [0.05, 0.1) is 0 Å². The summed E-state index contributed by atoms with van der Waals surface area (Å²) in [7, 11) is 0. The van der Waals surface area contributed by atoms with Crippen molar-refractivity contribution in [2.75, 3.05) is 0 Å². The molecule has 1 unspecified atom stereocenters. The minimum Gasteiger partial charge on any atom is -0.207 e. The van der Waals surface area contributed by atoms with E-state index in [0.29, 0.717) is 5.92 Å². The van der Waals surface area contributed by atoms with Crippen molar-refractivity contribution in [3.05, 3.63) is 23.8 Å². The molecule has 1 aliphatic carbocycles. The van der Waals surface area contributed by atoms with E-state index in [1.165, 1.54) is 5.57 Å². The molecule has 2 atom stereocenters. The number of allylic oxidation sites excluding steroid dienone is 3. The average Bonchev–Trinajstić information content (AvgIpc) is 2.82. The molecule has 0 radical (unpaired) electrons. The third kappa shape index (κ3) is 3.77. The summed E-state index contributed by atoms with van der Waals surface area (Å²) in [6.45, 7) is 9.49. The number of halogens is 2. The molecule has 1 fully saturated rings. The van der Waals surface area contributed by atoms with E-state index in [2.05, 4.69) is 6.58 Å². The van der Waals surface area contributed by atoms with Crippen LogP contribution in [0, 0.1) is 11.8 Å². The lowest BCUT2D eigenvalue weighted by Gasteiger charge is -2.13. The molecule has 0 heterocycles. The largest absolute Gasteiger partial charge is 0.248 e. The predicted octanol–water partition coefficient (Wildman–Crippen LogP) is 4.58. The van der Waals surface area contributed by atoms with E-state index >= 15 is 0 Å². The summed E-state index contributed by atoms with van der Waals surface area (Å²) in [4.78, 5) is 0. The Kier molecular flexibility index (Phi) is 3.69. The summed E-state index contributed by atoms with van der Waals surface area (Å²) >= 11 is 0. The van der Waals surface area contributed by atoms with Gasteiger partial charge in [0, 0.05) is 12.8 Å². The molecule has 1 aliphatic rings. The lowest BCUT2D eigenvalue weighted by Crippen LogP contribution is -2.15. The van der Waals surface area contributed by atoms with Gasteiger partial charge >= 0.3 is 0 Å². The van der Waals surface area contributed by atoms with Crippen LogP contribution in [0.5, 0.6) is 0 Å². The molecular formula is C13H20F2. The zero-order chi connectivity index (χ0) is 11.6. The minimum atomic E-state index is -2.48. The second kappa shape index (κ2) is 4.46. The van der Waals surface area contributed by atoms with Crippen LogP contribution in [-0.2, 0) is 0 Å². The monoisotopic (exact) mass is 214 g/mol. The molecule has 0 aliphatic heterocycles. The van der Waals surface area contributed by atoms with Crippen LogP contribution in [0.4, 0.5) is 8.78 Å². The molecule has 0 aromatic rings. The summed E-state index contributed by atoms with van der Waals surface area (Å²) in [5, 5.41) is 0. The topological polar surface area (TPSA) is 0 Å². The maximum atomic E-state index is 13.1. The zero-order valence-electron chi connectivity index (χ0n) is 9.82. The van der Waals surface area contributed by atoms with Gasteiger partial charge in [0.1, 0.15) is 0 Å². The van der Waals surface area contributed by atoms with Gasteiger partial charge in [-0.2, -0.15) is 0 Å². The van der Waals surface area contributed by atoms with Gasteiger partial charge < -0.3 is 0 Å². The molecule has 0 aromatic heterocycles. The fraction of sp³-hybridized carbons (Fsp3) is 0.692. The van der Waals surface area contributed by atoms with Crippen molar-refractivity contribution < 1.29 is 8.78 Å². The van der Waals surface area contributed by atoms with Gasteiger partial charge in [-0.25, -0.2) is 8.78 Å². The Balaban J connectivity index is 2.41. The smallest absolute Gasteiger partial charge is 0.207 e. The van der Waals surface area contributed by atoms with Gasteiger partial charge in [0.15, 0.2) is 0 Å². The number of hydrogen-bond acceptors (Lipinski definition) is 0. The second-order valence-corrected chi connectivity index (χ2v) is 4.81. The molecule has 0 nitrogen and oxygen atoms in total. The minimum absolute atomic E-state index is 0.0315. The van der Waals surface area contributed by atoms with Gasteiger partial charge in [0.2, 0.25) is 5.92 Å². The average molecular weight is 214 g/mol. The van der Waals surface area contributed by atoms with Crippen molar-refractivity contribution in [2.45, 2.75) is 46.0 Å². The van der Waals surface area contributed by atoms with Crippen LogP contribution >= 0.6 is 0 Å². The Morgan fingerprint density at radius 2 is 2.07 bits per heavy atom. The third-order valence-electron chi connectivity index (χ3n) is 2.95. The molecule has 0 bridgehead atoms. The van der Waals surface area contributed by atoms with Crippen molar-refractivity contribution in [3.63, 3.8) is 0 Å². The quantitative estimate of drug-likeness (QED) is 0.587. The Hall–Kier alpha value is -0.660. The molecule has 1 saturated carbocycles. The highest BCUT2D eigenvalue weighted by Crippen LogP contribution is 2.50. The Bertz CT molecular complexity index is 272. The third-order valence-corrected chi connectivity index (χ3v) is 2.95. The van der Waals surface area contributed by atoms with E-state index in [1.54, 1.807) is 6.92 Å². The summed E-state index contributed by atoms with van der Waals surface area (Å²) in [5.74, 6) is -2.02. The maximum Gasteiger partial charge on any atom is 0.248 e. The number of alkyl halides is 2. The first-order chi connectivity index (χ1) is 6.85.